The van der Waals surface area contributed by atoms with E-state index < -0.39 is 0 Å². The maximum atomic E-state index is 5.87. The highest BCUT2D eigenvalue weighted by Gasteiger charge is 2.50. The average Bonchev–Trinajstić information content (AvgIpc) is 2.77. The van der Waals surface area contributed by atoms with Gasteiger partial charge in [0.2, 0.25) is 0 Å². The highest BCUT2D eigenvalue weighted by atomic mass is 14.9. The van der Waals surface area contributed by atoms with Crippen LogP contribution in [0.5, 0.6) is 0 Å². The highest BCUT2D eigenvalue weighted by molar-refractivity contribution is 5.78. The number of fused-ring (bicyclic) bond motifs is 1. The number of hydrogen-bond acceptors (Lipinski definition) is 2. The molecule has 1 aromatic carbocycles. The number of imidazole rings is 1. The van der Waals surface area contributed by atoms with Crippen LogP contribution in [0.25, 0.3) is 11.0 Å². The number of nitrogens with one attached hydrogen (secondary N) is 1. The lowest BCUT2D eigenvalue weighted by Gasteiger charge is -2.56. The number of benzene rings is 1. The summed E-state index contributed by atoms with van der Waals surface area (Å²) in [5, 5.41) is 0. The number of aromatic amines is 1. The molecule has 0 unspecified atom stereocenters. The Hall–Kier alpha value is -1.51. The van der Waals surface area contributed by atoms with E-state index >= 15 is 0 Å². The molecule has 0 saturated heterocycles. The van der Waals surface area contributed by atoms with Crippen molar-refractivity contribution in [3.8, 4) is 0 Å². The van der Waals surface area contributed by atoms with E-state index in [2.05, 4.69) is 4.98 Å². The number of nitrogens with two attached hydrogens (primary N) is 1. The molecule has 21 heavy (non-hydrogen) atoms. The molecule has 6 rings (SSSR count). The van der Waals surface area contributed by atoms with Crippen molar-refractivity contribution in [2.24, 2.45) is 23.2 Å². The fourth-order valence-corrected chi connectivity index (χ4v) is 6.03. The maximum Gasteiger partial charge on any atom is 0.107 e. The molecule has 0 aliphatic heterocycles. The molecule has 4 fully saturated rings. The normalized spacial score (nSPS) is 37.4. The van der Waals surface area contributed by atoms with Crippen LogP contribution in [0.1, 0.15) is 44.3 Å². The Morgan fingerprint density at radius 2 is 1.76 bits per heavy atom. The summed E-state index contributed by atoms with van der Waals surface area (Å²) in [7, 11) is 0. The number of rotatable bonds is 2. The average molecular weight is 281 g/mol. The second-order valence-corrected chi connectivity index (χ2v) is 8.05. The minimum absolute atomic E-state index is 0.550. The molecule has 110 valence electrons. The Labute approximate surface area is 125 Å². The number of anilines is 1. The molecule has 4 bridgehead atoms. The van der Waals surface area contributed by atoms with E-state index in [1.165, 1.54) is 44.3 Å². The Kier molecular flexibility index (Phi) is 2.31. The Morgan fingerprint density at radius 3 is 2.43 bits per heavy atom. The molecule has 0 spiro atoms. The Morgan fingerprint density at radius 1 is 1.10 bits per heavy atom. The van der Waals surface area contributed by atoms with Gasteiger partial charge in [-0.25, -0.2) is 4.98 Å². The zero-order chi connectivity index (χ0) is 14.0. The van der Waals surface area contributed by atoms with Crippen LogP contribution in [0.3, 0.4) is 0 Å². The number of nitrogens with zero attached hydrogens (tertiary/aromatic N) is 1. The van der Waals surface area contributed by atoms with Crippen LogP contribution in [-0.4, -0.2) is 9.97 Å². The first-order valence-electron chi connectivity index (χ1n) is 8.42. The molecular weight excluding hydrogens is 258 g/mol. The van der Waals surface area contributed by atoms with Crippen LogP contribution < -0.4 is 5.73 Å². The zero-order valence-electron chi connectivity index (χ0n) is 12.4. The maximum absolute atomic E-state index is 5.87. The van der Waals surface area contributed by atoms with Crippen molar-refractivity contribution in [2.75, 3.05) is 5.73 Å². The van der Waals surface area contributed by atoms with Crippen molar-refractivity contribution in [2.45, 2.75) is 44.9 Å². The van der Waals surface area contributed by atoms with Crippen LogP contribution in [0, 0.1) is 23.2 Å². The van der Waals surface area contributed by atoms with Gasteiger partial charge in [0.15, 0.2) is 0 Å². The van der Waals surface area contributed by atoms with Crippen molar-refractivity contribution >= 4 is 16.7 Å². The fourth-order valence-electron chi connectivity index (χ4n) is 6.03. The molecule has 0 atom stereocenters. The van der Waals surface area contributed by atoms with Crippen molar-refractivity contribution in [3.63, 3.8) is 0 Å². The van der Waals surface area contributed by atoms with E-state index in [9.17, 15) is 0 Å². The molecule has 3 heteroatoms. The van der Waals surface area contributed by atoms with Crippen molar-refractivity contribution in [1.29, 1.82) is 0 Å². The summed E-state index contributed by atoms with van der Waals surface area (Å²) in [4.78, 5) is 8.34. The number of nitrogen functional groups attached to an aromatic ring is 1. The molecule has 1 aromatic heterocycles. The van der Waals surface area contributed by atoms with E-state index in [-0.39, 0.29) is 0 Å². The van der Waals surface area contributed by atoms with Crippen LogP contribution in [0.2, 0.25) is 0 Å². The van der Waals surface area contributed by atoms with Gasteiger partial charge in [0.05, 0.1) is 11.0 Å². The third-order valence-corrected chi connectivity index (χ3v) is 6.26. The Balaban J connectivity index is 1.48. The molecule has 4 saturated carbocycles. The predicted molar refractivity (Wildman–Crippen MR) is 84.8 cm³/mol. The lowest BCUT2D eigenvalue weighted by Crippen LogP contribution is -2.47. The first-order valence-corrected chi connectivity index (χ1v) is 8.42. The van der Waals surface area contributed by atoms with Gasteiger partial charge in [-0.3, -0.25) is 0 Å². The van der Waals surface area contributed by atoms with Crippen molar-refractivity contribution in [3.05, 3.63) is 24.0 Å². The number of H-pyrrole nitrogens is 1. The smallest absolute Gasteiger partial charge is 0.107 e. The quantitative estimate of drug-likeness (QED) is 0.820. The molecular formula is C18H23N3. The zero-order valence-corrected chi connectivity index (χ0v) is 12.4. The molecule has 3 nitrogen and oxygen atoms in total. The summed E-state index contributed by atoms with van der Waals surface area (Å²) >= 11 is 0. The minimum Gasteiger partial charge on any atom is -0.399 e. The molecule has 0 amide bonds. The number of hydrogen-bond donors (Lipinski definition) is 2. The summed E-state index contributed by atoms with van der Waals surface area (Å²) in [6.07, 6.45) is 10.0. The molecule has 1 heterocycles. The second kappa shape index (κ2) is 4.02. The summed E-state index contributed by atoms with van der Waals surface area (Å²) < 4.78 is 0. The van der Waals surface area contributed by atoms with Crippen LogP contribution in [-0.2, 0) is 6.42 Å². The SMILES string of the molecule is Nc1ccc2nc(CC34CC5CC(CC(C5)C3)C4)[nH]c2c1. The third kappa shape index (κ3) is 1.90. The van der Waals surface area contributed by atoms with Gasteiger partial charge in [0, 0.05) is 12.1 Å². The third-order valence-electron chi connectivity index (χ3n) is 6.26. The summed E-state index contributed by atoms with van der Waals surface area (Å²) in [5.41, 5.74) is 9.39. The Bertz CT molecular complexity index is 664. The molecule has 3 N–H and O–H groups in total. The second-order valence-electron chi connectivity index (χ2n) is 8.05. The summed E-state index contributed by atoms with van der Waals surface area (Å²) in [6, 6.07) is 5.98. The summed E-state index contributed by atoms with van der Waals surface area (Å²) in [5.74, 6) is 4.21. The fraction of sp³-hybridized carbons (Fsp3) is 0.611. The van der Waals surface area contributed by atoms with Gasteiger partial charge in [0.25, 0.3) is 0 Å². The van der Waals surface area contributed by atoms with Gasteiger partial charge in [-0.05, 0) is 79.9 Å². The lowest BCUT2D eigenvalue weighted by atomic mass is 9.49. The van der Waals surface area contributed by atoms with Gasteiger partial charge in [-0.2, -0.15) is 0 Å². The largest absolute Gasteiger partial charge is 0.399 e. The van der Waals surface area contributed by atoms with E-state index in [0.717, 1.165) is 40.9 Å². The monoisotopic (exact) mass is 281 g/mol. The first-order chi connectivity index (χ1) is 10.2. The van der Waals surface area contributed by atoms with Crippen LogP contribution in [0.4, 0.5) is 5.69 Å². The minimum atomic E-state index is 0.550. The highest BCUT2D eigenvalue weighted by Crippen LogP contribution is 2.60. The van der Waals surface area contributed by atoms with Crippen molar-refractivity contribution in [1.82, 2.24) is 9.97 Å². The van der Waals surface area contributed by atoms with Gasteiger partial charge in [0.1, 0.15) is 5.82 Å². The molecule has 4 aliphatic rings. The van der Waals surface area contributed by atoms with Gasteiger partial charge in [-0.15, -0.1) is 0 Å². The van der Waals surface area contributed by atoms with E-state index in [1.54, 1.807) is 0 Å². The van der Waals surface area contributed by atoms with Crippen molar-refractivity contribution < 1.29 is 0 Å². The van der Waals surface area contributed by atoms with E-state index in [0.29, 0.717) is 5.41 Å². The van der Waals surface area contributed by atoms with E-state index in [4.69, 9.17) is 10.7 Å². The van der Waals surface area contributed by atoms with Crippen LogP contribution in [0.15, 0.2) is 18.2 Å². The number of aromatic nitrogens is 2. The lowest BCUT2D eigenvalue weighted by molar-refractivity contribution is -0.0530. The van der Waals surface area contributed by atoms with Gasteiger partial charge >= 0.3 is 0 Å². The topological polar surface area (TPSA) is 54.7 Å². The van der Waals surface area contributed by atoms with Gasteiger partial charge in [-0.1, -0.05) is 0 Å². The molecule has 0 radical (unpaired) electrons. The standard InChI is InChI=1S/C18H23N3/c19-14-1-2-15-16(6-14)21-17(20-15)10-18-7-11-3-12(8-18)5-13(4-11)9-18/h1-2,6,11-13H,3-5,7-10,19H2,(H,20,21). The first kappa shape index (κ1) is 12.1. The molecule has 4 aliphatic carbocycles. The van der Waals surface area contributed by atoms with Gasteiger partial charge < -0.3 is 10.7 Å². The molecule has 2 aromatic rings. The summed E-state index contributed by atoms with van der Waals surface area (Å²) in [6.45, 7) is 0. The van der Waals surface area contributed by atoms with E-state index in [1.807, 2.05) is 18.2 Å². The van der Waals surface area contributed by atoms with Crippen LogP contribution >= 0.6 is 0 Å². The predicted octanol–water partition coefficient (Wildman–Crippen LogP) is 3.90.